The molecule has 0 heterocycles. The monoisotopic (exact) mass is 392 g/mol. The van der Waals surface area contributed by atoms with Crippen LogP contribution in [-0.4, -0.2) is 17.7 Å². The molecule has 0 spiro atoms. The predicted octanol–water partition coefficient (Wildman–Crippen LogP) is 6.15. The quantitative estimate of drug-likeness (QED) is 0.433. The van der Waals surface area contributed by atoms with Crippen molar-refractivity contribution in [3.8, 4) is 5.75 Å². The lowest BCUT2D eigenvalue weighted by molar-refractivity contribution is -0.147. The molecule has 0 radical (unpaired) electrons. The number of alkyl halides is 3. The lowest BCUT2D eigenvalue weighted by Crippen LogP contribution is -2.24. The van der Waals surface area contributed by atoms with Gasteiger partial charge >= 0.3 is 12.1 Å². The van der Waals surface area contributed by atoms with Gasteiger partial charge in [-0.3, -0.25) is 4.79 Å². The fraction of sp³-hybridized carbons (Fsp3) is 0.318. The van der Waals surface area contributed by atoms with E-state index in [4.69, 9.17) is 9.84 Å². The summed E-state index contributed by atoms with van der Waals surface area (Å²) in [5, 5.41) is 9.07. The number of carboxylic acids is 1. The second kappa shape index (κ2) is 8.95. The molecule has 0 aliphatic heterocycles. The Balaban J connectivity index is 1.85. The molecule has 2 aromatic carbocycles. The van der Waals surface area contributed by atoms with Crippen LogP contribution in [0.5, 0.6) is 5.75 Å². The summed E-state index contributed by atoms with van der Waals surface area (Å²) in [6.07, 6.45) is 0.373. The third-order valence-electron chi connectivity index (χ3n) is 4.38. The molecular formula is C22H23F3O3. The van der Waals surface area contributed by atoms with E-state index in [9.17, 15) is 18.0 Å². The van der Waals surface area contributed by atoms with Crippen LogP contribution in [0.4, 0.5) is 13.2 Å². The van der Waals surface area contributed by atoms with Crippen molar-refractivity contribution < 1.29 is 27.8 Å². The van der Waals surface area contributed by atoms with Crippen molar-refractivity contribution in [1.29, 1.82) is 0 Å². The van der Waals surface area contributed by atoms with E-state index in [2.05, 4.69) is 0 Å². The average Bonchev–Trinajstić information content (AvgIpc) is 2.64. The second-order valence-electron chi connectivity index (χ2n) is 7.16. The highest BCUT2D eigenvalue weighted by atomic mass is 19.4. The van der Waals surface area contributed by atoms with Crippen molar-refractivity contribution in [2.24, 2.45) is 5.41 Å². The molecular weight excluding hydrogens is 369 g/mol. The van der Waals surface area contributed by atoms with E-state index >= 15 is 0 Å². The molecule has 3 nitrogen and oxygen atoms in total. The number of rotatable bonds is 8. The van der Waals surface area contributed by atoms with E-state index in [1.165, 1.54) is 12.1 Å². The summed E-state index contributed by atoms with van der Waals surface area (Å²) in [4.78, 5) is 11.1. The highest BCUT2D eigenvalue weighted by Gasteiger charge is 2.29. The number of benzene rings is 2. The van der Waals surface area contributed by atoms with Crippen LogP contribution in [0.3, 0.4) is 0 Å². The number of hydrogen-bond donors (Lipinski definition) is 1. The summed E-state index contributed by atoms with van der Waals surface area (Å²) in [6, 6.07) is 12.3. The van der Waals surface area contributed by atoms with Gasteiger partial charge in [-0.15, -0.1) is 0 Å². The van der Waals surface area contributed by atoms with E-state index in [0.717, 1.165) is 17.7 Å². The number of carbonyl (C=O) groups is 1. The number of halogens is 3. The second-order valence-corrected chi connectivity index (χ2v) is 7.16. The van der Waals surface area contributed by atoms with Crippen molar-refractivity contribution in [2.45, 2.75) is 32.9 Å². The minimum absolute atomic E-state index is 0.428. The zero-order valence-electron chi connectivity index (χ0n) is 15.8. The summed E-state index contributed by atoms with van der Waals surface area (Å²) in [6.45, 7) is 3.80. The Labute approximate surface area is 162 Å². The molecule has 2 aromatic rings. The third-order valence-corrected chi connectivity index (χ3v) is 4.38. The SMILES string of the molecule is CC(C)(CCCOc1ccc(/C=C/c2ccc(C(F)(F)F)cc2)cc1)C(=O)O. The zero-order chi connectivity index (χ0) is 20.8. The predicted molar refractivity (Wildman–Crippen MR) is 103 cm³/mol. The Morgan fingerprint density at radius 1 is 0.964 bits per heavy atom. The largest absolute Gasteiger partial charge is 0.494 e. The highest BCUT2D eigenvalue weighted by molar-refractivity contribution is 5.73. The molecule has 28 heavy (non-hydrogen) atoms. The number of aliphatic carboxylic acids is 1. The maximum Gasteiger partial charge on any atom is 0.416 e. The average molecular weight is 392 g/mol. The molecule has 0 atom stereocenters. The van der Waals surface area contributed by atoms with Gasteiger partial charge in [0.25, 0.3) is 0 Å². The van der Waals surface area contributed by atoms with Crippen molar-refractivity contribution in [3.63, 3.8) is 0 Å². The van der Waals surface area contributed by atoms with Crippen LogP contribution in [0.15, 0.2) is 48.5 Å². The number of carboxylic acid groups (broad SMARTS) is 1. The van der Waals surface area contributed by atoms with Gasteiger partial charge in [0.15, 0.2) is 0 Å². The molecule has 0 aliphatic rings. The minimum Gasteiger partial charge on any atom is -0.494 e. The van der Waals surface area contributed by atoms with E-state index in [-0.39, 0.29) is 0 Å². The molecule has 0 saturated carbocycles. The van der Waals surface area contributed by atoms with Gasteiger partial charge in [-0.2, -0.15) is 13.2 Å². The third kappa shape index (κ3) is 6.44. The molecule has 0 amide bonds. The van der Waals surface area contributed by atoms with Gasteiger partial charge in [0.05, 0.1) is 17.6 Å². The zero-order valence-corrected chi connectivity index (χ0v) is 15.8. The molecule has 6 heteroatoms. The standard InChI is InChI=1S/C22H23F3O3/c1-21(2,20(26)27)14-3-15-28-19-12-8-17(9-13-19)5-4-16-6-10-18(11-7-16)22(23,24)25/h4-13H,3,14-15H2,1-2H3,(H,26,27)/b5-4+. The van der Waals surface area contributed by atoms with Gasteiger partial charge in [-0.1, -0.05) is 36.4 Å². The van der Waals surface area contributed by atoms with Crippen LogP contribution in [-0.2, 0) is 11.0 Å². The number of ether oxygens (including phenoxy) is 1. The minimum atomic E-state index is -4.33. The Bertz CT molecular complexity index is 804. The fourth-order valence-corrected chi connectivity index (χ4v) is 2.46. The first kappa shape index (κ1) is 21.5. The maximum atomic E-state index is 12.6. The van der Waals surface area contributed by atoms with Crippen molar-refractivity contribution in [2.75, 3.05) is 6.61 Å². The van der Waals surface area contributed by atoms with Gasteiger partial charge in [-0.05, 0) is 62.1 Å². The summed E-state index contributed by atoms with van der Waals surface area (Å²) >= 11 is 0. The highest BCUT2D eigenvalue weighted by Crippen LogP contribution is 2.29. The van der Waals surface area contributed by atoms with E-state index in [0.29, 0.717) is 30.8 Å². The molecule has 0 aliphatic carbocycles. The van der Waals surface area contributed by atoms with Crippen molar-refractivity contribution >= 4 is 18.1 Å². The van der Waals surface area contributed by atoms with Crippen molar-refractivity contribution in [1.82, 2.24) is 0 Å². The number of hydrogen-bond acceptors (Lipinski definition) is 2. The Hall–Kier alpha value is -2.76. The molecule has 0 saturated heterocycles. The molecule has 150 valence electrons. The molecule has 0 aromatic heterocycles. The van der Waals surface area contributed by atoms with Crippen LogP contribution < -0.4 is 4.74 Å². The molecule has 2 rings (SSSR count). The summed E-state index contributed by atoms with van der Waals surface area (Å²) in [5.41, 5.74) is 0.127. The first-order chi connectivity index (χ1) is 13.1. The molecule has 0 unspecified atom stereocenters. The summed E-state index contributed by atoms with van der Waals surface area (Å²) < 4.78 is 43.3. The van der Waals surface area contributed by atoms with E-state index in [1.54, 1.807) is 32.1 Å². The van der Waals surface area contributed by atoms with Crippen LogP contribution in [0.1, 0.15) is 43.4 Å². The normalized spacial score (nSPS) is 12.3. The van der Waals surface area contributed by atoms with Crippen LogP contribution in [0.25, 0.3) is 12.2 Å². The van der Waals surface area contributed by atoms with Gasteiger partial charge in [0.1, 0.15) is 5.75 Å². The van der Waals surface area contributed by atoms with Crippen LogP contribution in [0, 0.1) is 5.41 Å². The van der Waals surface area contributed by atoms with E-state index in [1.807, 2.05) is 18.2 Å². The van der Waals surface area contributed by atoms with Crippen molar-refractivity contribution in [3.05, 3.63) is 65.2 Å². The molecule has 0 bridgehead atoms. The first-order valence-corrected chi connectivity index (χ1v) is 8.89. The molecule has 1 N–H and O–H groups in total. The topological polar surface area (TPSA) is 46.5 Å². The van der Waals surface area contributed by atoms with Gasteiger partial charge < -0.3 is 9.84 Å². The lowest BCUT2D eigenvalue weighted by atomic mass is 9.88. The van der Waals surface area contributed by atoms with Gasteiger partial charge in [0, 0.05) is 0 Å². The van der Waals surface area contributed by atoms with Crippen LogP contribution >= 0.6 is 0 Å². The maximum absolute atomic E-state index is 12.6. The van der Waals surface area contributed by atoms with Gasteiger partial charge in [-0.25, -0.2) is 0 Å². The van der Waals surface area contributed by atoms with Crippen LogP contribution in [0.2, 0.25) is 0 Å². The Morgan fingerprint density at radius 3 is 1.93 bits per heavy atom. The fourth-order valence-electron chi connectivity index (χ4n) is 2.46. The summed E-state index contributed by atoms with van der Waals surface area (Å²) in [7, 11) is 0. The van der Waals surface area contributed by atoms with E-state index < -0.39 is 23.1 Å². The summed E-state index contributed by atoms with van der Waals surface area (Å²) in [5.74, 6) is -0.142. The smallest absolute Gasteiger partial charge is 0.416 e. The molecule has 0 fully saturated rings. The van der Waals surface area contributed by atoms with Gasteiger partial charge in [0.2, 0.25) is 0 Å². The first-order valence-electron chi connectivity index (χ1n) is 8.89. The Kier molecular flexibility index (Phi) is 6.89. The lowest BCUT2D eigenvalue weighted by Gasteiger charge is -2.18. The Morgan fingerprint density at radius 2 is 1.46 bits per heavy atom.